The van der Waals surface area contributed by atoms with Gasteiger partial charge in [-0.1, -0.05) is 153 Å². The van der Waals surface area contributed by atoms with E-state index in [1.165, 1.54) is 74.2 Å². The van der Waals surface area contributed by atoms with Gasteiger partial charge in [0.15, 0.2) is 0 Å². The number of fused-ring (bicyclic) bond motifs is 16. The Morgan fingerprint density at radius 2 is 1.12 bits per heavy atom. The third-order valence-electron chi connectivity index (χ3n) is 12.5. The number of hydrogen-bond acceptors (Lipinski definition) is 3. The van der Waals surface area contributed by atoms with Crippen molar-refractivity contribution in [3.63, 3.8) is 0 Å². The van der Waals surface area contributed by atoms with Gasteiger partial charge in [0.2, 0.25) is 0 Å². The van der Waals surface area contributed by atoms with Crippen LogP contribution >= 0.6 is 11.3 Å². The predicted molar refractivity (Wildman–Crippen MR) is 246 cm³/mol. The van der Waals surface area contributed by atoms with Crippen LogP contribution in [0.2, 0.25) is 0 Å². The number of aromatic nitrogens is 1. The van der Waals surface area contributed by atoms with Crippen molar-refractivity contribution in [3.8, 4) is 0 Å². The van der Waals surface area contributed by atoms with Crippen LogP contribution in [0, 0.1) is 5.41 Å². The molecule has 4 heteroatoms. The van der Waals surface area contributed by atoms with Gasteiger partial charge in [-0.3, -0.25) is 9.98 Å². The standard InChI is InChI=1S/C53H35N3S/c1-53(2)41-23-11-9-20-38(41)49(51(54)40-22-13-25-45-46(40)39-21-10-12-24-44(39)57-45)52(53)55-30-56-42-28-26-31-14-3-4-15-32(31)48(42)50-43(56)29-27-37-35-18-6-5-16-33(35)34-17-7-8-19-36(34)47(37)50/h3-30,54H,1-2H3/b54-51?,55-30+. The molecule has 0 radical (unpaired) electrons. The van der Waals surface area contributed by atoms with E-state index in [0.29, 0.717) is 5.71 Å². The van der Waals surface area contributed by atoms with Gasteiger partial charge in [-0.25, -0.2) is 4.99 Å². The summed E-state index contributed by atoms with van der Waals surface area (Å²) in [6, 6.07) is 59.0. The van der Waals surface area contributed by atoms with E-state index in [1.54, 1.807) is 11.3 Å². The maximum absolute atomic E-state index is 10.1. The second-order valence-corrected chi connectivity index (χ2v) is 16.9. The van der Waals surface area contributed by atoms with Crippen LogP contribution in [-0.2, 0) is 5.41 Å². The van der Waals surface area contributed by atoms with Gasteiger partial charge in [-0.2, -0.15) is 0 Å². The van der Waals surface area contributed by atoms with Gasteiger partial charge in [0.25, 0.3) is 0 Å². The Hall–Kier alpha value is -6.88. The van der Waals surface area contributed by atoms with E-state index in [4.69, 9.17) is 4.99 Å². The van der Waals surface area contributed by atoms with E-state index in [9.17, 15) is 5.41 Å². The highest BCUT2D eigenvalue weighted by Crippen LogP contribution is 2.49. The highest BCUT2D eigenvalue weighted by atomic mass is 32.1. The minimum atomic E-state index is -0.438. The third-order valence-corrected chi connectivity index (χ3v) is 13.6. The molecule has 11 aromatic rings. The summed E-state index contributed by atoms with van der Waals surface area (Å²) in [6.07, 6.45) is 2.03. The van der Waals surface area contributed by atoms with E-state index < -0.39 is 5.41 Å². The van der Waals surface area contributed by atoms with Crippen molar-refractivity contribution in [2.24, 2.45) is 4.99 Å². The first-order valence-corrected chi connectivity index (χ1v) is 20.4. The molecule has 2 aromatic heterocycles. The van der Waals surface area contributed by atoms with Gasteiger partial charge in [-0.15, -0.1) is 11.3 Å². The largest absolute Gasteiger partial charge is 0.300 e. The number of allylic oxidation sites excluding steroid dienone is 2. The molecule has 0 spiro atoms. The summed E-state index contributed by atoms with van der Waals surface area (Å²) in [6.45, 7) is 4.51. The zero-order valence-electron chi connectivity index (χ0n) is 31.5. The lowest BCUT2D eigenvalue weighted by Crippen LogP contribution is -2.17. The minimum absolute atomic E-state index is 0.438. The van der Waals surface area contributed by atoms with Crippen molar-refractivity contribution < 1.29 is 0 Å². The molecule has 0 saturated heterocycles. The molecule has 0 amide bonds. The van der Waals surface area contributed by atoms with Crippen LogP contribution in [0.1, 0.15) is 30.5 Å². The van der Waals surface area contributed by atoms with E-state index in [-0.39, 0.29) is 0 Å². The van der Waals surface area contributed by atoms with Crippen LogP contribution in [0.15, 0.2) is 174 Å². The van der Waals surface area contributed by atoms with Crippen LogP contribution < -0.4 is 0 Å². The predicted octanol–water partition coefficient (Wildman–Crippen LogP) is 14.4. The Kier molecular flexibility index (Phi) is 6.71. The van der Waals surface area contributed by atoms with E-state index >= 15 is 0 Å². The molecule has 0 saturated carbocycles. The van der Waals surface area contributed by atoms with Crippen molar-refractivity contribution in [3.05, 3.63) is 186 Å². The lowest BCUT2D eigenvalue weighted by atomic mass is 9.85. The molecular formula is C53H35N3S. The van der Waals surface area contributed by atoms with Gasteiger partial charge in [0.1, 0.15) is 0 Å². The Morgan fingerprint density at radius 3 is 1.93 bits per heavy atom. The SMILES string of the molecule is CC1(C)C(/N=C/n2c3ccc4ccccc4c3c3c4c5ccccc5c5ccccc5c4ccc32)=C(C(=N)c2cccc3sc4ccccc4c23)c2ccccc21. The molecule has 0 aliphatic heterocycles. The lowest BCUT2D eigenvalue weighted by Gasteiger charge is -2.22. The molecular weight excluding hydrogens is 711 g/mol. The molecule has 3 nitrogen and oxygen atoms in total. The second kappa shape index (κ2) is 11.8. The first kappa shape index (κ1) is 32.4. The maximum Gasteiger partial charge on any atom is 0.0999 e. The highest BCUT2D eigenvalue weighted by Gasteiger charge is 2.40. The highest BCUT2D eigenvalue weighted by molar-refractivity contribution is 7.25. The molecule has 1 N–H and O–H groups in total. The smallest absolute Gasteiger partial charge is 0.0999 e. The summed E-state index contributed by atoms with van der Waals surface area (Å²) in [5.41, 5.74) is 7.29. The van der Waals surface area contributed by atoms with Crippen LogP contribution in [0.3, 0.4) is 0 Å². The summed E-state index contributed by atoms with van der Waals surface area (Å²) in [5, 5.41) is 24.9. The molecule has 57 heavy (non-hydrogen) atoms. The van der Waals surface area contributed by atoms with E-state index in [1.807, 2.05) is 6.34 Å². The lowest BCUT2D eigenvalue weighted by molar-refractivity contribution is 0.632. The fourth-order valence-electron chi connectivity index (χ4n) is 9.94. The Morgan fingerprint density at radius 1 is 0.526 bits per heavy atom. The van der Waals surface area contributed by atoms with Crippen molar-refractivity contribution in [1.29, 1.82) is 5.41 Å². The fraction of sp³-hybridized carbons (Fsp3) is 0.0566. The first-order chi connectivity index (χ1) is 28.0. The number of nitrogens with zero attached hydrogens (tertiary/aromatic N) is 2. The van der Waals surface area contributed by atoms with E-state index in [0.717, 1.165) is 38.8 Å². The van der Waals surface area contributed by atoms with Crippen molar-refractivity contribution in [1.82, 2.24) is 4.57 Å². The van der Waals surface area contributed by atoms with Gasteiger partial charge in [0.05, 0.1) is 28.8 Å². The molecule has 12 rings (SSSR count). The van der Waals surface area contributed by atoms with Gasteiger partial charge in [-0.05, 0) is 73.1 Å². The summed E-state index contributed by atoms with van der Waals surface area (Å²) < 4.78 is 4.72. The van der Waals surface area contributed by atoms with Gasteiger partial charge >= 0.3 is 0 Å². The zero-order chi connectivity index (χ0) is 38.0. The number of aliphatic imine (C=N–C) groups is 1. The number of hydrogen-bond donors (Lipinski definition) is 1. The monoisotopic (exact) mass is 745 g/mol. The van der Waals surface area contributed by atoms with Gasteiger partial charge < -0.3 is 0 Å². The molecule has 0 bridgehead atoms. The Labute approximate surface area is 332 Å². The van der Waals surface area contributed by atoms with Gasteiger partial charge in [0, 0.05) is 52.9 Å². The number of thiophene rings is 1. The van der Waals surface area contributed by atoms with Crippen LogP contribution in [-0.4, -0.2) is 16.6 Å². The molecule has 1 aliphatic rings. The Balaban J connectivity index is 1.17. The molecule has 2 heterocycles. The third kappa shape index (κ3) is 4.42. The number of rotatable bonds is 4. The number of benzene rings is 9. The minimum Gasteiger partial charge on any atom is -0.300 e. The van der Waals surface area contributed by atoms with Crippen molar-refractivity contribution in [2.45, 2.75) is 19.3 Å². The average molecular weight is 746 g/mol. The first-order valence-electron chi connectivity index (χ1n) is 19.5. The molecule has 1 aliphatic carbocycles. The normalized spacial score (nSPS) is 14.2. The summed E-state index contributed by atoms with van der Waals surface area (Å²) >= 11 is 1.79. The molecule has 0 fully saturated rings. The second-order valence-electron chi connectivity index (χ2n) is 15.8. The van der Waals surface area contributed by atoms with Crippen LogP contribution in [0.4, 0.5) is 0 Å². The summed E-state index contributed by atoms with van der Waals surface area (Å²) in [4.78, 5) is 5.54. The van der Waals surface area contributed by atoms with Crippen LogP contribution in [0.25, 0.3) is 90.6 Å². The molecule has 0 unspecified atom stereocenters. The zero-order valence-corrected chi connectivity index (χ0v) is 32.3. The molecule has 268 valence electrons. The maximum atomic E-state index is 10.1. The van der Waals surface area contributed by atoms with Crippen molar-refractivity contribution in [2.75, 3.05) is 0 Å². The molecule has 0 atom stereocenters. The Bertz CT molecular complexity index is 3600. The summed E-state index contributed by atoms with van der Waals surface area (Å²) in [5.74, 6) is 0. The van der Waals surface area contributed by atoms with E-state index in [2.05, 4.69) is 182 Å². The fourth-order valence-corrected chi connectivity index (χ4v) is 11.1. The topological polar surface area (TPSA) is 41.1 Å². The summed E-state index contributed by atoms with van der Waals surface area (Å²) in [7, 11) is 0. The number of nitrogens with one attached hydrogen (secondary N) is 1. The van der Waals surface area contributed by atoms with Crippen LogP contribution in [0.5, 0.6) is 0 Å². The quantitative estimate of drug-likeness (QED) is 0.106. The average Bonchev–Trinajstić information content (AvgIpc) is 3.87. The molecule has 9 aromatic carbocycles. The van der Waals surface area contributed by atoms with Crippen molar-refractivity contribution >= 4 is 114 Å².